The Bertz CT molecular complexity index is 424. The minimum Gasteiger partial charge on any atom is -0.383 e. The van der Waals surface area contributed by atoms with Gasteiger partial charge in [0, 0.05) is 11.8 Å². The zero-order chi connectivity index (χ0) is 10.7. The van der Waals surface area contributed by atoms with E-state index in [9.17, 15) is 0 Å². The summed E-state index contributed by atoms with van der Waals surface area (Å²) in [7, 11) is 1.83. The third kappa shape index (κ3) is 1.79. The van der Waals surface area contributed by atoms with Gasteiger partial charge in [-0.3, -0.25) is 5.10 Å². The van der Waals surface area contributed by atoms with Crippen molar-refractivity contribution in [3.05, 3.63) is 36.0 Å². The topological polar surface area (TPSA) is 92.5 Å². The summed E-state index contributed by atoms with van der Waals surface area (Å²) in [6, 6.07) is 3.64. The smallest absolute Gasteiger partial charge is 0.146 e. The van der Waals surface area contributed by atoms with E-state index in [-0.39, 0.29) is 6.04 Å². The predicted octanol–water partition coefficient (Wildman–Crippen LogP) is 0.0907. The van der Waals surface area contributed by atoms with Crippen LogP contribution in [-0.4, -0.2) is 27.2 Å². The Morgan fingerprint density at radius 3 is 2.93 bits per heavy atom. The lowest BCUT2D eigenvalue weighted by Gasteiger charge is -2.14. The largest absolute Gasteiger partial charge is 0.383 e. The van der Waals surface area contributed by atoms with Crippen LogP contribution >= 0.6 is 0 Å². The first-order valence-electron chi connectivity index (χ1n) is 4.56. The monoisotopic (exact) mass is 204 g/mol. The van der Waals surface area contributed by atoms with E-state index < -0.39 is 0 Å². The molecule has 78 valence electrons. The van der Waals surface area contributed by atoms with Gasteiger partial charge in [0.2, 0.25) is 0 Å². The second-order valence-electron chi connectivity index (χ2n) is 3.07. The maximum Gasteiger partial charge on any atom is 0.146 e. The fourth-order valence-corrected chi connectivity index (χ4v) is 1.47. The van der Waals surface area contributed by atoms with Crippen molar-refractivity contribution in [2.24, 2.45) is 0 Å². The molecule has 0 aliphatic rings. The zero-order valence-electron chi connectivity index (χ0n) is 8.31. The van der Waals surface area contributed by atoms with Crippen molar-refractivity contribution in [1.82, 2.24) is 25.5 Å². The molecule has 0 saturated heterocycles. The summed E-state index contributed by atoms with van der Waals surface area (Å²) in [4.78, 5) is 8.13. The van der Waals surface area contributed by atoms with Crippen molar-refractivity contribution in [3.8, 4) is 0 Å². The third-order valence-corrected chi connectivity index (χ3v) is 2.18. The van der Waals surface area contributed by atoms with Crippen molar-refractivity contribution in [2.75, 3.05) is 12.8 Å². The quantitative estimate of drug-likeness (QED) is 0.659. The molecule has 2 aromatic rings. The van der Waals surface area contributed by atoms with Crippen molar-refractivity contribution in [2.45, 2.75) is 6.04 Å². The lowest BCUT2D eigenvalue weighted by Crippen LogP contribution is -2.20. The van der Waals surface area contributed by atoms with E-state index in [1.54, 1.807) is 6.20 Å². The van der Waals surface area contributed by atoms with Crippen LogP contribution in [0.2, 0.25) is 0 Å². The molecule has 0 saturated carbocycles. The summed E-state index contributed by atoms with van der Waals surface area (Å²) < 4.78 is 0. The molecule has 1 unspecified atom stereocenters. The molecule has 15 heavy (non-hydrogen) atoms. The molecular formula is C9H12N6. The average Bonchev–Trinajstić information content (AvgIpc) is 2.75. The van der Waals surface area contributed by atoms with Gasteiger partial charge in [-0.2, -0.15) is 5.10 Å². The zero-order valence-corrected chi connectivity index (χ0v) is 8.31. The van der Waals surface area contributed by atoms with Crippen LogP contribution in [0.15, 0.2) is 24.7 Å². The molecule has 6 heteroatoms. The molecule has 0 fully saturated rings. The maximum atomic E-state index is 5.79. The molecule has 0 aliphatic heterocycles. The summed E-state index contributed by atoms with van der Waals surface area (Å²) >= 11 is 0. The van der Waals surface area contributed by atoms with E-state index in [2.05, 4.69) is 25.5 Å². The van der Waals surface area contributed by atoms with Gasteiger partial charge in [0.15, 0.2) is 0 Å². The average molecular weight is 204 g/mol. The Balaban J connectivity index is 2.40. The molecule has 2 rings (SSSR count). The number of H-pyrrole nitrogens is 1. The molecule has 0 amide bonds. The normalized spacial score (nSPS) is 12.6. The summed E-state index contributed by atoms with van der Waals surface area (Å²) in [6.07, 6.45) is 3.12. The molecule has 1 atom stereocenters. The molecular weight excluding hydrogens is 192 g/mol. The van der Waals surface area contributed by atoms with E-state index >= 15 is 0 Å². The van der Waals surface area contributed by atoms with Crippen molar-refractivity contribution in [3.63, 3.8) is 0 Å². The summed E-state index contributed by atoms with van der Waals surface area (Å²) in [5, 5.41) is 9.72. The van der Waals surface area contributed by atoms with Crippen LogP contribution in [0.1, 0.15) is 17.4 Å². The van der Waals surface area contributed by atoms with Gasteiger partial charge < -0.3 is 11.1 Å². The molecule has 6 nitrogen and oxygen atoms in total. The fraction of sp³-hybridized carbons (Fsp3) is 0.222. The molecule has 0 radical (unpaired) electrons. The van der Waals surface area contributed by atoms with Crippen molar-refractivity contribution >= 4 is 5.82 Å². The number of hydrogen-bond acceptors (Lipinski definition) is 5. The first-order valence-corrected chi connectivity index (χ1v) is 4.56. The number of anilines is 1. The number of rotatable bonds is 3. The Kier molecular flexibility index (Phi) is 2.59. The minimum absolute atomic E-state index is 0.110. The molecule has 4 N–H and O–H groups in total. The number of hydrogen-bond donors (Lipinski definition) is 3. The Hall–Kier alpha value is -1.95. The van der Waals surface area contributed by atoms with Crippen LogP contribution in [0.4, 0.5) is 5.82 Å². The molecule has 0 bridgehead atoms. The molecule has 0 spiro atoms. The van der Waals surface area contributed by atoms with E-state index in [1.165, 1.54) is 6.33 Å². The summed E-state index contributed by atoms with van der Waals surface area (Å²) in [5.41, 5.74) is 6.68. The highest BCUT2D eigenvalue weighted by molar-refractivity contribution is 5.43. The van der Waals surface area contributed by atoms with Crippen LogP contribution in [-0.2, 0) is 0 Å². The number of aromatic amines is 1. The number of aromatic nitrogens is 4. The van der Waals surface area contributed by atoms with Gasteiger partial charge in [0.1, 0.15) is 18.0 Å². The highest BCUT2D eigenvalue weighted by Gasteiger charge is 2.17. The van der Waals surface area contributed by atoms with Crippen LogP contribution in [0.3, 0.4) is 0 Å². The second kappa shape index (κ2) is 4.05. The van der Waals surface area contributed by atoms with Gasteiger partial charge in [-0.15, -0.1) is 0 Å². The molecule has 2 heterocycles. The lowest BCUT2D eigenvalue weighted by molar-refractivity contribution is 0.649. The summed E-state index contributed by atoms with van der Waals surface area (Å²) in [5.74, 6) is 1.21. The Morgan fingerprint density at radius 2 is 2.33 bits per heavy atom. The number of nitrogen functional groups attached to an aromatic ring is 1. The second-order valence-corrected chi connectivity index (χ2v) is 3.07. The van der Waals surface area contributed by atoms with Gasteiger partial charge >= 0.3 is 0 Å². The maximum absolute atomic E-state index is 5.79. The number of nitrogens with two attached hydrogens (primary N) is 1. The van der Waals surface area contributed by atoms with Gasteiger partial charge in [0.25, 0.3) is 0 Å². The molecule has 2 aromatic heterocycles. The Labute approximate surface area is 86.9 Å². The van der Waals surface area contributed by atoms with Crippen LogP contribution in [0, 0.1) is 0 Å². The van der Waals surface area contributed by atoms with Gasteiger partial charge in [-0.05, 0) is 13.1 Å². The van der Waals surface area contributed by atoms with Crippen molar-refractivity contribution < 1.29 is 0 Å². The van der Waals surface area contributed by atoms with Gasteiger partial charge in [0.05, 0.1) is 6.04 Å². The van der Waals surface area contributed by atoms with Gasteiger partial charge in [-0.25, -0.2) is 9.97 Å². The van der Waals surface area contributed by atoms with Crippen LogP contribution in [0.25, 0.3) is 0 Å². The highest BCUT2D eigenvalue weighted by atomic mass is 15.2. The first kappa shape index (κ1) is 9.60. The number of pyridine rings is 1. The third-order valence-electron chi connectivity index (χ3n) is 2.18. The van der Waals surface area contributed by atoms with E-state index in [0.717, 1.165) is 11.4 Å². The van der Waals surface area contributed by atoms with Gasteiger partial charge in [-0.1, -0.05) is 6.07 Å². The van der Waals surface area contributed by atoms with E-state index in [4.69, 9.17) is 5.73 Å². The van der Waals surface area contributed by atoms with E-state index in [1.807, 2.05) is 19.2 Å². The standard InChI is InChI=1S/C9H12N6/c1-11-7(9-13-5-14-15-9)6-3-2-4-12-8(6)10/h2-5,7,11H,1H3,(H2,10,12)(H,13,14,15). The minimum atomic E-state index is -0.110. The first-order chi connectivity index (χ1) is 7.33. The predicted molar refractivity (Wildman–Crippen MR) is 55.9 cm³/mol. The molecule has 0 aromatic carbocycles. The highest BCUT2D eigenvalue weighted by Crippen LogP contribution is 2.21. The van der Waals surface area contributed by atoms with Crippen molar-refractivity contribution in [1.29, 1.82) is 0 Å². The fourth-order valence-electron chi connectivity index (χ4n) is 1.47. The summed E-state index contributed by atoms with van der Waals surface area (Å²) in [6.45, 7) is 0. The SMILES string of the molecule is CNC(c1ncn[nH]1)c1cccnc1N. The number of nitrogens with one attached hydrogen (secondary N) is 2. The Morgan fingerprint density at radius 1 is 1.47 bits per heavy atom. The van der Waals surface area contributed by atoms with Crippen LogP contribution < -0.4 is 11.1 Å². The van der Waals surface area contributed by atoms with E-state index in [0.29, 0.717) is 5.82 Å². The number of nitrogens with zero attached hydrogens (tertiary/aromatic N) is 3. The molecule has 0 aliphatic carbocycles. The lowest BCUT2D eigenvalue weighted by atomic mass is 10.1. The van der Waals surface area contributed by atoms with Crippen LogP contribution in [0.5, 0.6) is 0 Å².